The fourth-order valence-corrected chi connectivity index (χ4v) is 4.19. The van der Waals surface area contributed by atoms with Crippen molar-refractivity contribution in [3.05, 3.63) is 35.5 Å². The molecule has 0 amide bonds. The Morgan fingerprint density at radius 3 is 2.59 bits per heavy atom. The van der Waals surface area contributed by atoms with E-state index in [0.717, 1.165) is 37.8 Å². The zero-order valence-electron chi connectivity index (χ0n) is 16.1. The standard InChI is InChI=1S/C19H23ClN6O2S/c1-29(28)15-11-23-18(24-17(15)25-19(12-27)5-2-6-19)26-7-3-13(4-8-26)16-21-9-14(20)10-22-16/h3,9-11,27H,2,4-8,12H2,1H3,(H,23,24,25)/t29-/m0/s1. The summed E-state index contributed by atoms with van der Waals surface area (Å²) in [7, 11) is -1.23. The number of aliphatic hydroxyl groups excluding tert-OH is 1. The number of aromatic nitrogens is 4. The summed E-state index contributed by atoms with van der Waals surface area (Å²) in [6.07, 6.45) is 12.0. The maximum atomic E-state index is 12.1. The van der Waals surface area contributed by atoms with E-state index in [9.17, 15) is 9.32 Å². The Hall–Kier alpha value is -2.10. The molecular weight excluding hydrogens is 412 g/mol. The van der Waals surface area contributed by atoms with Gasteiger partial charge in [-0.1, -0.05) is 17.7 Å². The maximum absolute atomic E-state index is 12.1. The van der Waals surface area contributed by atoms with Gasteiger partial charge in [-0.3, -0.25) is 4.21 Å². The molecule has 8 nitrogen and oxygen atoms in total. The molecular formula is C19H23ClN6O2S. The first-order valence-electron chi connectivity index (χ1n) is 9.51. The highest BCUT2D eigenvalue weighted by molar-refractivity contribution is 7.84. The van der Waals surface area contributed by atoms with E-state index in [1.807, 2.05) is 0 Å². The predicted molar refractivity (Wildman–Crippen MR) is 114 cm³/mol. The van der Waals surface area contributed by atoms with E-state index in [1.54, 1.807) is 24.8 Å². The van der Waals surface area contributed by atoms with Crippen LogP contribution in [0.15, 0.2) is 29.6 Å². The topological polar surface area (TPSA) is 104 Å². The molecule has 0 unspecified atom stereocenters. The van der Waals surface area contributed by atoms with E-state index in [1.165, 1.54) is 0 Å². The van der Waals surface area contributed by atoms with Crippen LogP contribution in [-0.4, -0.2) is 60.7 Å². The Balaban J connectivity index is 1.55. The lowest BCUT2D eigenvalue weighted by Gasteiger charge is -2.41. The van der Waals surface area contributed by atoms with E-state index >= 15 is 0 Å². The Labute approximate surface area is 176 Å². The summed E-state index contributed by atoms with van der Waals surface area (Å²) in [4.78, 5) is 20.3. The minimum absolute atomic E-state index is 0.0268. The largest absolute Gasteiger partial charge is 0.394 e. The summed E-state index contributed by atoms with van der Waals surface area (Å²) in [6, 6.07) is 0. The highest BCUT2D eigenvalue weighted by Gasteiger charge is 2.37. The normalized spacial score (nSPS) is 19.3. The monoisotopic (exact) mass is 434 g/mol. The third-order valence-electron chi connectivity index (χ3n) is 5.45. The molecule has 4 rings (SSSR count). The summed E-state index contributed by atoms with van der Waals surface area (Å²) in [5.74, 6) is 1.80. The first-order valence-corrected chi connectivity index (χ1v) is 11.4. The van der Waals surface area contributed by atoms with Crippen molar-refractivity contribution in [2.45, 2.75) is 36.1 Å². The van der Waals surface area contributed by atoms with Crippen LogP contribution in [0.5, 0.6) is 0 Å². The van der Waals surface area contributed by atoms with E-state index in [0.29, 0.717) is 34.1 Å². The van der Waals surface area contributed by atoms with Gasteiger partial charge in [0.25, 0.3) is 0 Å². The van der Waals surface area contributed by atoms with Gasteiger partial charge >= 0.3 is 0 Å². The molecule has 1 fully saturated rings. The number of rotatable bonds is 6. The minimum atomic E-state index is -1.23. The lowest BCUT2D eigenvalue weighted by Crippen LogP contribution is -2.48. The average Bonchev–Trinajstić information content (AvgIpc) is 2.71. The predicted octanol–water partition coefficient (Wildman–Crippen LogP) is 2.28. The van der Waals surface area contributed by atoms with Gasteiger partial charge in [0, 0.05) is 31.7 Å². The van der Waals surface area contributed by atoms with Crippen molar-refractivity contribution in [2.24, 2.45) is 0 Å². The summed E-state index contributed by atoms with van der Waals surface area (Å²) in [6.45, 7) is 1.37. The highest BCUT2D eigenvalue weighted by atomic mass is 35.5. The van der Waals surface area contributed by atoms with Crippen molar-refractivity contribution >= 4 is 39.7 Å². The molecule has 0 radical (unpaired) electrons. The molecule has 2 aromatic heterocycles. The van der Waals surface area contributed by atoms with Crippen LogP contribution in [-0.2, 0) is 10.8 Å². The lowest BCUT2D eigenvalue weighted by molar-refractivity contribution is 0.143. The molecule has 2 aromatic rings. The smallest absolute Gasteiger partial charge is 0.227 e. The van der Waals surface area contributed by atoms with Crippen molar-refractivity contribution in [1.29, 1.82) is 0 Å². The number of nitrogens with zero attached hydrogens (tertiary/aromatic N) is 5. The van der Waals surface area contributed by atoms with Gasteiger partial charge in [0.05, 0.1) is 39.1 Å². The number of hydrogen-bond donors (Lipinski definition) is 2. The number of nitrogens with one attached hydrogen (secondary N) is 1. The molecule has 0 spiro atoms. The van der Waals surface area contributed by atoms with Crippen molar-refractivity contribution in [3.8, 4) is 0 Å². The molecule has 0 saturated heterocycles. The highest BCUT2D eigenvalue weighted by Crippen LogP contribution is 2.36. The van der Waals surface area contributed by atoms with Gasteiger partial charge in [0.2, 0.25) is 5.95 Å². The molecule has 1 atom stereocenters. The maximum Gasteiger partial charge on any atom is 0.227 e. The lowest BCUT2D eigenvalue weighted by atomic mass is 9.77. The van der Waals surface area contributed by atoms with Gasteiger partial charge in [-0.05, 0) is 31.3 Å². The van der Waals surface area contributed by atoms with E-state index < -0.39 is 10.8 Å². The first-order chi connectivity index (χ1) is 14.0. The summed E-state index contributed by atoms with van der Waals surface area (Å²) in [5.41, 5.74) is 0.692. The Kier molecular flexibility index (Phi) is 5.80. The van der Waals surface area contributed by atoms with Gasteiger partial charge in [0.1, 0.15) is 5.82 Å². The first kappa shape index (κ1) is 20.2. The van der Waals surface area contributed by atoms with Crippen LogP contribution in [0.3, 0.4) is 0 Å². The number of aliphatic hydroxyl groups is 1. The molecule has 2 N–H and O–H groups in total. The summed E-state index contributed by atoms with van der Waals surface area (Å²) >= 11 is 5.86. The molecule has 1 saturated carbocycles. The van der Waals surface area contributed by atoms with Crippen molar-refractivity contribution < 1.29 is 9.32 Å². The Bertz CT molecular complexity index is 943. The van der Waals surface area contributed by atoms with Gasteiger partial charge in [-0.15, -0.1) is 0 Å². The van der Waals surface area contributed by atoms with E-state index in [-0.39, 0.29) is 12.1 Å². The van der Waals surface area contributed by atoms with Gasteiger partial charge in [-0.2, -0.15) is 4.98 Å². The Morgan fingerprint density at radius 2 is 2.03 bits per heavy atom. The van der Waals surface area contributed by atoms with Crippen molar-refractivity contribution in [1.82, 2.24) is 19.9 Å². The number of halogens is 1. The molecule has 154 valence electrons. The molecule has 0 bridgehead atoms. The van der Waals surface area contributed by atoms with E-state index in [4.69, 9.17) is 11.6 Å². The number of hydrogen-bond acceptors (Lipinski definition) is 8. The van der Waals surface area contributed by atoms with Crippen LogP contribution < -0.4 is 10.2 Å². The third-order valence-corrected chi connectivity index (χ3v) is 6.56. The zero-order chi connectivity index (χ0) is 20.4. The van der Waals surface area contributed by atoms with Crippen LogP contribution in [0.2, 0.25) is 5.02 Å². The molecule has 3 heterocycles. The average molecular weight is 435 g/mol. The zero-order valence-corrected chi connectivity index (χ0v) is 17.7. The second-order valence-corrected chi connectivity index (χ2v) is 9.19. The van der Waals surface area contributed by atoms with Crippen LogP contribution in [0.4, 0.5) is 11.8 Å². The second kappa shape index (κ2) is 8.33. The van der Waals surface area contributed by atoms with Crippen LogP contribution in [0.25, 0.3) is 5.57 Å². The molecule has 29 heavy (non-hydrogen) atoms. The minimum Gasteiger partial charge on any atom is -0.394 e. The molecule has 0 aromatic carbocycles. The molecule has 1 aliphatic carbocycles. The fraction of sp³-hybridized carbons (Fsp3) is 0.474. The summed E-state index contributed by atoms with van der Waals surface area (Å²) in [5, 5.41) is 13.6. The third kappa shape index (κ3) is 4.26. The molecule has 1 aliphatic heterocycles. The quantitative estimate of drug-likeness (QED) is 0.713. The van der Waals surface area contributed by atoms with Crippen LogP contribution in [0, 0.1) is 0 Å². The van der Waals surface area contributed by atoms with Crippen LogP contribution >= 0.6 is 11.6 Å². The van der Waals surface area contributed by atoms with Crippen molar-refractivity contribution in [3.63, 3.8) is 0 Å². The SMILES string of the molecule is C[S@](=O)c1cnc(N2CC=C(c3ncc(Cl)cn3)CC2)nc1NC1(CO)CCC1. The molecule has 10 heteroatoms. The number of anilines is 2. The van der Waals surface area contributed by atoms with Gasteiger partial charge in [-0.25, -0.2) is 15.0 Å². The second-order valence-electron chi connectivity index (χ2n) is 7.40. The van der Waals surface area contributed by atoms with Gasteiger partial charge in [0.15, 0.2) is 5.82 Å². The van der Waals surface area contributed by atoms with Gasteiger partial charge < -0.3 is 15.3 Å². The molecule has 2 aliphatic rings. The van der Waals surface area contributed by atoms with Crippen molar-refractivity contribution in [2.75, 3.05) is 36.2 Å². The van der Waals surface area contributed by atoms with Crippen LogP contribution in [0.1, 0.15) is 31.5 Å². The summed E-state index contributed by atoms with van der Waals surface area (Å²) < 4.78 is 12.1. The van der Waals surface area contributed by atoms with E-state index in [2.05, 4.69) is 36.2 Å². The Morgan fingerprint density at radius 1 is 1.28 bits per heavy atom. The fourth-order valence-electron chi connectivity index (χ4n) is 3.52.